The number of methoxy groups -OCH3 is 1. The van der Waals surface area contributed by atoms with E-state index in [-0.39, 0.29) is 12.5 Å². The largest absolute Gasteiger partial charge is 0.406 e. The van der Waals surface area contributed by atoms with E-state index in [4.69, 9.17) is 10.6 Å². The molecule has 0 aromatic carbocycles. The Bertz CT molecular complexity index is 246. The highest BCUT2D eigenvalue weighted by Gasteiger charge is 2.31. The normalized spacial score (nSPS) is 12.7. The van der Waals surface area contributed by atoms with Gasteiger partial charge in [0.05, 0.1) is 0 Å². The first-order valence-electron chi connectivity index (χ1n) is 5.76. The molecule has 0 aliphatic rings. The van der Waals surface area contributed by atoms with Crippen LogP contribution in [0.4, 0.5) is 13.2 Å². The second kappa shape index (κ2) is 8.98. The number of hydrogen-bond donors (Lipinski definition) is 2. The zero-order chi connectivity index (χ0) is 14.0. The first-order valence-corrected chi connectivity index (χ1v) is 5.76. The molecule has 0 atom stereocenters. The van der Waals surface area contributed by atoms with Crippen LogP contribution in [0.3, 0.4) is 0 Å². The van der Waals surface area contributed by atoms with Crippen molar-refractivity contribution in [3.8, 4) is 0 Å². The van der Waals surface area contributed by atoms with E-state index in [2.05, 4.69) is 10.4 Å². The van der Waals surface area contributed by atoms with Gasteiger partial charge in [0, 0.05) is 26.8 Å². The number of nitrogens with zero attached hydrogens (tertiary/aromatic N) is 2. The van der Waals surface area contributed by atoms with Gasteiger partial charge in [-0.2, -0.15) is 13.2 Å². The van der Waals surface area contributed by atoms with Crippen molar-refractivity contribution in [3.05, 3.63) is 0 Å². The van der Waals surface area contributed by atoms with Gasteiger partial charge in [-0.25, -0.2) is 5.84 Å². The lowest BCUT2D eigenvalue weighted by atomic mass is 10.4. The Morgan fingerprint density at radius 3 is 2.56 bits per heavy atom. The molecule has 0 saturated heterocycles. The van der Waals surface area contributed by atoms with Gasteiger partial charge in [0.1, 0.15) is 6.54 Å². The fourth-order valence-corrected chi connectivity index (χ4v) is 1.38. The van der Waals surface area contributed by atoms with Crippen molar-refractivity contribution in [2.75, 3.05) is 33.4 Å². The van der Waals surface area contributed by atoms with Crippen LogP contribution in [0.5, 0.6) is 0 Å². The van der Waals surface area contributed by atoms with Crippen LogP contribution in [0.1, 0.15) is 19.8 Å². The van der Waals surface area contributed by atoms with E-state index in [1.165, 1.54) is 0 Å². The third-order valence-electron chi connectivity index (χ3n) is 2.06. The van der Waals surface area contributed by atoms with E-state index < -0.39 is 12.7 Å². The molecule has 3 N–H and O–H groups in total. The van der Waals surface area contributed by atoms with Gasteiger partial charge in [-0.15, -0.1) is 0 Å². The number of hydrazine groups is 1. The zero-order valence-corrected chi connectivity index (χ0v) is 10.8. The quantitative estimate of drug-likeness (QED) is 0.239. The van der Waals surface area contributed by atoms with Gasteiger partial charge in [0.25, 0.3) is 0 Å². The maximum absolute atomic E-state index is 12.4. The number of guanidine groups is 1. The van der Waals surface area contributed by atoms with Crippen LogP contribution in [-0.4, -0.2) is 50.4 Å². The lowest BCUT2D eigenvalue weighted by Crippen LogP contribution is -2.48. The number of halogens is 3. The molecule has 0 radical (unpaired) electrons. The molecule has 0 amide bonds. The number of alkyl halides is 3. The summed E-state index contributed by atoms with van der Waals surface area (Å²) in [5.41, 5.74) is 2.22. The maximum Gasteiger partial charge on any atom is 0.406 e. The Balaban J connectivity index is 4.50. The van der Waals surface area contributed by atoms with Crippen molar-refractivity contribution in [1.82, 2.24) is 10.3 Å². The van der Waals surface area contributed by atoms with E-state index in [0.29, 0.717) is 26.0 Å². The van der Waals surface area contributed by atoms with Gasteiger partial charge >= 0.3 is 6.18 Å². The molecule has 0 aliphatic carbocycles. The first-order chi connectivity index (χ1) is 8.44. The topological polar surface area (TPSA) is 62.9 Å². The Hall–Kier alpha value is -1.02. The molecule has 108 valence electrons. The van der Waals surface area contributed by atoms with E-state index in [1.54, 1.807) is 14.0 Å². The van der Waals surface area contributed by atoms with Crippen molar-refractivity contribution in [3.63, 3.8) is 0 Å². The highest BCUT2D eigenvalue weighted by Crippen LogP contribution is 2.16. The highest BCUT2D eigenvalue weighted by atomic mass is 19.4. The van der Waals surface area contributed by atoms with E-state index in [1.807, 2.05) is 0 Å². The average molecular weight is 270 g/mol. The third-order valence-corrected chi connectivity index (χ3v) is 2.06. The summed E-state index contributed by atoms with van der Waals surface area (Å²) in [6.45, 7) is 1.85. The fraction of sp³-hybridized carbons (Fsp3) is 0.900. The average Bonchev–Trinajstić information content (AvgIpc) is 2.27. The molecular formula is C10H21F3N4O. The summed E-state index contributed by atoms with van der Waals surface area (Å²) in [5.74, 6) is 5.28. The predicted octanol–water partition coefficient (Wildman–Crippen LogP) is 1.12. The monoisotopic (exact) mass is 270 g/mol. The lowest BCUT2D eigenvalue weighted by molar-refractivity contribution is -0.138. The van der Waals surface area contributed by atoms with Crippen LogP contribution >= 0.6 is 0 Å². The lowest BCUT2D eigenvalue weighted by Gasteiger charge is -2.26. The third kappa shape index (κ3) is 8.13. The second-order valence-corrected chi connectivity index (χ2v) is 3.73. The SMILES string of the molecule is CCCN(CC(F)(F)F)C(=NCCCOC)NN. The van der Waals surface area contributed by atoms with Crippen molar-refractivity contribution in [2.24, 2.45) is 10.8 Å². The molecule has 0 heterocycles. The summed E-state index contributed by atoms with van der Waals surface area (Å²) in [4.78, 5) is 5.10. The second-order valence-electron chi connectivity index (χ2n) is 3.73. The summed E-state index contributed by atoms with van der Waals surface area (Å²) in [6.07, 6.45) is -3.07. The molecule has 0 fully saturated rings. The van der Waals surface area contributed by atoms with Gasteiger partial charge < -0.3 is 9.64 Å². The molecular weight excluding hydrogens is 249 g/mol. The van der Waals surface area contributed by atoms with E-state index in [0.717, 1.165) is 4.90 Å². The predicted molar refractivity (Wildman–Crippen MR) is 64.0 cm³/mol. The van der Waals surface area contributed by atoms with Crippen molar-refractivity contribution < 1.29 is 17.9 Å². The molecule has 8 heteroatoms. The molecule has 18 heavy (non-hydrogen) atoms. The van der Waals surface area contributed by atoms with Crippen LogP contribution in [0.2, 0.25) is 0 Å². The zero-order valence-electron chi connectivity index (χ0n) is 10.8. The highest BCUT2D eigenvalue weighted by molar-refractivity contribution is 5.79. The summed E-state index contributed by atoms with van der Waals surface area (Å²) in [6, 6.07) is 0. The van der Waals surface area contributed by atoms with Gasteiger partial charge in [0.15, 0.2) is 0 Å². The number of hydrogen-bond acceptors (Lipinski definition) is 3. The molecule has 0 spiro atoms. The number of nitrogens with two attached hydrogens (primary N) is 1. The molecule has 0 aromatic rings. The van der Waals surface area contributed by atoms with Gasteiger partial charge in [-0.3, -0.25) is 10.4 Å². The summed E-state index contributed by atoms with van der Waals surface area (Å²) in [7, 11) is 1.55. The van der Waals surface area contributed by atoms with E-state index >= 15 is 0 Å². The van der Waals surface area contributed by atoms with E-state index in [9.17, 15) is 13.2 Å². The molecule has 0 rings (SSSR count). The van der Waals surface area contributed by atoms with Crippen LogP contribution in [0.15, 0.2) is 4.99 Å². The number of nitrogens with one attached hydrogen (secondary N) is 1. The molecule has 0 saturated carbocycles. The van der Waals surface area contributed by atoms with Gasteiger partial charge in [0.2, 0.25) is 5.96 Å². The Morgan fingerprint density at radius 2 is 2.11 bits per heavy atom. The minimum absolute atomic E-state index is 0.0604. The summed E-state index contributed by atoms with van der Waals surface area (Å²) in [5, 5.41) is 0. The Morgan fingerprint density at radius 1 is 1.44 bits per heavy atom. The Kier molecular flexibility index (Phi) is 8.47. The fourth-order valence-electron chi connectivity index (χ4n) is 1.38. The maximum atomic E-state index is 12.4. The van der Waals surface area contributed by atoms with Crippen LogP contribution in [0.25, 0.3) is 0 Å². The molecule has 0 unspecified atom stereocenters. The van der Waals surface area contributed by atoms with Crippen molar-refractivity contribution >= 4 is 5.96 Å². The van der Waals surface area contributed by atoms with Crippen LogP contribution in [-0.2, 0) is 4.74 Å². The molecule has 0 aliphatic heterocycles. The standard InChI is InChI=1S/C10H21F3N4O/c1-3-6-17(8-10(11,12)13)9(16-14)15-5-4-7-18-2/h3-8,14H2,1-2H3,(H,15,16). The number of rotatable bonds is 7. The van der Waals surface area contributed by atoms with Gasteiger partial charge in [-0.1, -0.05) is 6.92 Å². The van der Waals surface area contributed by atoms with Gasteiger partial charge in [-0.05, 0) is 12.8 Å². The van der Waals surface area contributed by atoms with Crippen molar-refractivity contribution in [2.45, 2.75) is 25.9 Å². The Labute approximate surface area is 105 Å². The number of ether oxygens (including phenoxy) is 1. The summed E-state index contributed by atoms with van der Waals surface area (Å²) < 4.78 is 42.0. The molecule has 0 bridgehead atoms. The minimum Gasteiger partial charge on any atom is -0.385 e. The first kappa shape index (κ1) is 17.0. The van der Waals surface area contributed by atoms with Crippen LogP contribution in [0, 0.1) is 0 Å². The molecule has 5 nitrogen and oxygen atoms in total. The number of aliphatic imine (C=N–C) groups is 1. The van der Waals surface area contributed by atoms with Crippen molar-refractivity contribution in [1.29, 1.82) is 0 Å². The molecule has 0 aromatic heterocycles. The smallest absolute Gasteiger partial charge is 0.385 e. The van der Waals surface area contributed by atoms with Crippen LogP contribution < -0.4 is 11.3 Å². The summed E-state index contributed by atoms with van der Waals surface area (Å²) >= 11 is 0. The minimum atomic E-state index is -4.28.